The molecule has 0 saturated heterocycles. The first kappa shape index (κ1) is 19.6. The zero-order valence-electron chi connectivity index (χ0n) is 16.1. The minimum absolute atomic E-state index is 0.308. The largest absolute Gasteiger partial charge is 0.493 e. The van der Waals surface area contributed by atoms with E-state index in [2.05, 4.69) is 10.3 Å². The molecule has 0 aliphatic carbocycles. The number of H-pyrrole nitrogens is 1. The van der Waals surface area contributed by atoms with Crippen LogP contribution < -0.4 is 19.5 Å². The van der Waals surface area contributed by atoms with Gasteiger partial charge in [0.15, 0.2) is 11.5 Å². The molecule has 1 aromatic heterocycles. The van der Waals surface area contributed by atoms with Crippen LogP contribution in [0.5, 0.6) is 17.2 Å². The Balaban J connectivity index is 1.80. The van der Waals surface area contributed by atoms with Crippen LogP contribution in [0.2, 0.25) is 0 Å². The number of carboxylic acids is 1. The fourth-order valence-corrected chi connectivity index (χ4v) is 3.30. The molecule has 2 aromatic carbocycles. The molecular formula is C21H24N2O5. The number of benzene rings is 2. The number of methoxy groups -OCH3 is 3. The summed E-state index contributed by atoms with van der Waals surface area (Å²) in [5.41, 5.74) is 2.73. The van der Waals surface area contributed by atoms with Gasteiger partial charge in [-0.1, -0.05) is 24.3 Å². The van der Waals surface area contributed by atoms with Crippen molar-refractivity contribution in [2.24, 2.45) is 0 Å². The summed E-state index contributed by atoms with van der Waals surface area (Å²) in [5.74, 6) is 0.639. The van der Waals surface area contributed by atoms with Gasteiger partial charge in [-0.2, -0.15) is 0 Å². The zero-order valence-corrected chi connectivity index (χ0v) is 16.1. The summed E-state index contributed by atoms with van der Waals surface area (Å²) < 4.78 is 16.1. The summed E-state index contributed by atoms with van der Waals surface area (Å²) in [5, 5.41) is 13.8. The number of aromatic amines is 1. The minimum atomic E-state index is -0.912. The molecule has 0 spiro atoms. The number of aromatic nitrogens is 1. The first-order valence-electron chi connectivity index (χ1n) is 8.88. The second-order valence-electron chi connectivity index (χ2n) is 6.33. The summed E-state index contributed by atoms with van der Waals surface area (Å²) in [4.78, 5) is 15.0. The first-order valence-corrected chi connectivity index (χ1v) is 8.88. The van der Waals surface area contributed by atoms with Gasteiger partial charge in [-0.05, 0) is 17.7 Å². The third-order valence-electron chi connectivity index (χ3n) is 4.72. The monoisotopic (exact) mass is 384 g/mol. The number of carboxylic acid groups (broad SMARTS) is 1. The number of hydrogen-bond donors (Lipinski definition) is 3. The van der Waals surface area contributed by atoms with Gasteiger partial charge in [0.2, 0.25) is 5.75 Å². The number of ether oxygens (including phenoxy) is 3. The van der Waals surface area contributed by atoms with Crippen molar-refractivity contribution in [1.29, 1.82) is 0 Å². The molecule has 0 aliphatic rings. The Morgan fingerprint density at radius 3 is 2.46 bits per heavy atom. The van der Waals surface area contributed by atoms with E-state index in [9.17, 15) is 9.90 Å². The molecule has 0 fully saturated rings. The van der Waals surface area contributed by atoms with Crippen LogP contribution in [0.15, 0.2) is 42.6 Å². The number of aliphatic carboxylic acids is 1. The van der Waals surface area contributed by atoms with Crippen molar-refractivity contribution in [1.82, 2.24) is 10.3 Å². The van der Waals surface area contributed by atoms with Crippen molar-refractivity contribution in [3.05, 3.63) is 53.7 Å². The van der Waals surface area contributed by atoms with Gasteiger partial charge in [-0.25, -0.2) is 0 Å². The van der Waals surface area contributed by atoms with Crippen LogP contribution in [0.25, 0.3) is 10.9 Å². The van der Waals surface area contributed by atoms with Gasteiger partial charge in [0.1, 0.15) is 6.04 Å². The number of rotatable bonds is 9. The number of hydrogen-bond acceptors (Lipinski definition) is 5. The van der Waals surface area contributed by atoms with E-state index in [1.54, 1.807) is 20.3 Å². The normalized spacial score (nSPS) is 12.0. The van der Waals surface area contributed by atoms with Crippen molar-refractivity contribution in [2.45, 2.75) is 19.0 Å². The molecular weight excluding hydrogens is 360 g/mol. The molecule has 0 bridgehead atoms. The molecule has 28 heavy (non-hydrogen) atoms. The smallest absolute Gasteiger partial charge is 0.321 e. The molecule has 7 nitrogen and oxygen atoms in total. The van der Waals surface area contributed by atoms with Crippen molar-refractivity contribution in [3.8, 4) is 17.2 Å². The van der Waals surface area contributed by atoms with Gasteiger partial charge in [-0.3, -0.25) is 10.1 Å². The van der Waals surface area contributed by atoms with E-state index in [-0.39, 0.29) is 0 Å². The van der Waals surface area contributed by atoms with Crippen LogP contribution in [-0.4, -0.2) is 43.4 Å². The van der Waals surface area contributed by atoms with Crippen molar-refractivity contribution >= 4 is 16.9 Å². The van der Waals surface area contributed by atoms with Gasteiger partial charge in [-0.15, -0.1) is 0 Å². The fourth-order valence-electron chi connectivity index (χ4n) is 3.30. The Hall–Kier alpha value is -3.19. The number of para-hydroxylation sites is 1. The Kier molecular flexibility index (Phi) is 6.06. The molecule has 1 heterocycles. The SMILES string of the molecule is COc1ccc(CNC(Cc2c[nH]c3ccccc23)C(=O)O)c(OC)c1OC. The van der Waals surface area contributed by atoms with Gasteiger partial charge in [0, 0.05) is 35.6 Å². The second kappa shape index (κ2) is 8.67. The maximum Gasteiger partial charge on any atom is 0.321 e. The molecule has 0 amide bonds. The number of fused-ring (bicyclic) bond motifs is 1. The Morgan fingerprint density at radius 1 is 1.04 bits per heavy atom. The van der Waals surface area contributed by atoms with E-state index in [4.69, 9.17) is 14.2 Å². The van der Waals surface area contributed by atoms with Gasteiger partial charge < -0.3 is 24.3 Å². The van der Waals surface area contributed by atoms with Crippen LogP contribution in [0.4, 0.5) is 0 Å². The van der Waals surface area contributed by atoms with Crippen LogP contribution >= 0.6 is 0 Å². The topological polar surface area (TPSA) is 92.8 Å². The summed E-state index contributed by atoms with van der Waals surface area (Å²) in [7, 11) is 4.63. The molecule has 0 saturated carbocycles. The van der Waals surface area contributed by atoms with Crippen LogP contribution in [0.1, 0.15) is 11.1 Å². The molecule has 1 atom stereocenters. The third kappa shape index (κ3) is 3.89. The van der Waals surface area contributed by atoms with E-state index in [1.165, 1.54) is 7.11 Å². The first-order chi connectivity index (χ1) is 13.6. The molecule has 148 valence electrons. The van der Waals surface area contributed by atoms with E-state index >= 15 is 0 Å². The molecule has 1 unspecified atom stereocenters. The van der Waals surface area contributed by atoms with Crippen molar-refractivity contribution < 1.29 is 24.1 Å². The van der Waals surface area contributed by atoms with Gasteiger partial charge in [0.05, 0.1) is 21.3 Å². The van der Waals surface area contributed by atoms with Crippen LogP contribution in [0, 0.1) is 0 Å². The maximum absolute atomic E-state index is 11.8. The highest BCUT2D eigenvalue weighted by molar-refractivity contribution is 5.84. The van der Waals surface area contributed by atoms with E-state index in [0.29, 0.717) is 30.2 Å². The lowest BCUT2D eigenvalue weighted by atomic mass is 10.0. The highest BCUT2D eigenvalue weighted by Crippen LogP contribution is 2.39. The van der Waals surface area contributed by atoms with Crippen molar-refractivity contribution in [3.63, 3.8) is 0 Å². The lowest BCUT2D eigenvalue weighted by Gasteiger charge is -2.18. The van der Waals surface area contributed by atoms with E-state index in [1.807, 2.05) is 36.5 Å². The Morgan fingerprint density at radius 2 is 1.79 bits per heavy atom. The highest BCUT2D eigenvalue weighted by Gasteiger charge is 2.21. The predicted octanol–water partition coefficient (Wildman–Crippen LogP) is 2.98. The Bertz CT molecular complexity index is 967. The minimum Gasteiger partial charge on any atom is -0.493 e. The van der Waals surface area contributed by atoms with Gasteiger partial charge >= 0.3 is 5.97 Å². The fraction of sp³-hybridized carbons (Fsp3) is 0.286. The maximum atomic E-state index is 11.8. The average molecular weight is 384 g/mol. The summed E-state index contributed by atoms with van der Waals surface area (Å²) in [6, 6.07) is 10.7. The molecule has 0 aliphatic heterocycles. The standard InChI is InChI=1S/C21H24N2O5/c1-26-18-9-8-13(19(27-2)20(18)28-3)11-23-17(21(24)25)10-14-12-22-16-7-5-4-6-15(14)16/h4-9,12,17,22-23H,10-11H2,1-3H3,(H,24,25). The van der Waals surface area contributed by atoms with Crippen molar-refractivity contribution in [2.75, 3.05) is 21.3 Å². The predicted molar refractivity (Wildman–Crippen MR) is 106 cm³/mol. The summed E-state index contributed by atoms with van der Waals surface area (Å²) in [6.45, 7) is 0.308. The van der Waals surface area contributed by atoms with Crippen LogP contribution in [-0.2, 0) is 17.8 Å². The number of carbonyl (C=O) groups is 1. The van der Waals surface area contributed by atoms with E-state index in [0.717, 1.165) is 22.0 Å². The zero-order chi connectivity index (χ0) is 20.1. The highest BCUT2D eigenvalue weighted by atomic mass is 16.5. The number of nitrogens with one attached hydrogen (secondary N) is 2. The molecule has 7 heteroatoms. The molecule has 0 radical (unpaired) electrons. The summed E-state index contributed by atoms with van der Waals surface area (Å²) >= 11 is 0. The van der Waals surface area contributed by atoms with Gasteiger partial charge in [0.25, 0.3) is 0 Å². The lowest BCUT2D eigenvalue weighted by molar-refractivity contribution is -0.139. The lowest BCUT2D eigenvalue weighted by Crippen LogP contribution is -2.38. The second-order valence-corrected chi connectivity index (χ2v) is 6.33. The quantitative estimate of drug-likeness (QED) is 0.525. The van der Waals surface area contributed by atoms with E-state index < -0.39 is 12.0 Å². The third-order valence-corrected chi connectivity index (χ3v) is 4.72. The average Bonchev–Trinajstić information content (AvgIpc) is 3.12. The molecule has 3 N–H and O–H groups in total. The van der Waals surface area contributed by atoms with Crippen LogP contribution in [0.3, 0.4) is 0 Å². The Labute approximate surface area is 163 Å². The molecule has 3 aromatic rings. The summed E-state index contributed by atoms with van der Waals surface area (Å²) in [6.07, 6.45) is 2.22. The molecule has 3 rings (SSSR count).